The summed E-state index contributed by atoms with van der Waals surface area (Å²) < 4.78 is 4.57. The van der Waals surface area contributed by atoms with Crippen LogP contribution >= 0.6 is 0 Å². The molecule has 0 aliphatic heterocycles. The standard InChI is InChI=1S/C40H32N4.C9H7NO.CH3.2Li/c1-3-43-37-11-7-5-9-35(37)41-39(43)30-19-13-27(14-20-30)32-23-17-29-18-24-33(26-34(29)25-32)28-15-21-31(22-16-28)40-42-36-10-6-8-12-38(36)44(40)4-2;11-8-5-1-3-7-4-2-6-10-9(7)8;;;/h5-26H,3-4H2,1-2H3;1-6,11H;1H3;;/q;;-1;2*+1/p-1. The molecule has 0 N–H and O–H groups in total. The van der Waals surface area contributed by atoms with Crippen molar-refractivity contribution in [1.82, 2.24) is 24.1 Å². The van der Waals surface area contributed by atoms with Crippen LogP contribution in [0.1, 0.15) is 13.8 Å². The number of aryl methyl sites for hydroxylation is 2. The summed E-state index contributed by atoms with van der Waals surface area (Å²) in [5.41, 5.74) is 12.0. The Morgan fingerprint density at radius 3 is 1.38 bits per heavy atom. The van der Waals surface area contributed by atoms with E-state index in [0.717, 1.165) is 52.3 Å². The van der Waals surface area contributed by atoms with Gasteiger partial charge < -0.3 is 21.7 Å². The first-order chi connectivity index (χ1) is 27.1. The van der Waals surface area contributed by atoms with Crippen LogP contribution in [-0.4, -0.2) is 24.1 Å². The van der Waals surface area contributed by atoms with Gasteiger partial charge in [0, 0.05) is 30.4 Å². The first-order valence-corrected chi connectivity index (χ1v) is 18.7. The van der Waals surface area contributed by atoms with Gasteiger partial charge in [-0.25, -0.2) is 9.97 Å². The average molecular weight is 742 g/mol. The molecule has 6 nitrogen and oxygen atoms in total. The van der Waals surface area contributed by atoms with Gasteiger partial charge in [-0.2, -0.15) is 0 Å². The fourth-order valence-corrected chi connectivity index (χ4v) is 7.54. The summed E-state index contributed by atoms with van der Waals surface area (Å²) >= 11 is 0. The molecule has 274 valence electrons. The molecule has 10 rings (SSSR count). The molecule has 0 aliphatic rings. The Morgan fingerprint density at radius 1 is 0.448 bits per heavy atom. The first kappa shape index (κ1) is 41.8. The van der Waals surface area contributed by atoms with Crippen LogP contribution in [0.3, 0.4) is 0 Å². The van der Waals surface area contributed by atoms with Crippen molar-refractivity contribution >= 4 is 43.7 Å². The smallest absolute Gasteiger partial charge is 0.871 e. The maximum Gasteiger partial charge on any atom is 1.00 e. The molecule has 3 heterocycles. The van der Waals surface area contributed by atoms with Gasteiger partial charge in [-0.1, -0.05) is 127 Å². The second-order valence-electron chi connectivity index (χ2n) is 13.6. The monoisotopic (exact) mass is 741 g/mol. The fraction of sp³-hybridized carbons (Fsp3) is 0.0800. The number of para-hydroxylation sites is 5. The Labute approximate surface area is 363 Å². The van der Waals surface area contributed by atoms with Gasteiger partial charge in [0.2, 0.25) is 0 Å². The molecule has 0 fully saturated rings. The second-order valence-corrected chi connectivity index (χ2v) is 13.6. The number of pyridine rings is 1. The molecule has 0 unspecified atom stereocenters. The van der Waals surface area contributed by atoms with E-state index >= 15 is 0 Å². The van der Waals surface area contributed by atoms with Crippen molar-refractivity contribution < 1.29 is 42.8 Å². The zero-order valence-electron chi connectivity index (χ0n) is 33.7. The third-order valence-electron chi connectivity index (χ3n) is 10.3. The van der Waals surface area contributed by atoms with Crippen LogP contribution < -0.4 is 42.8 Å². The molecule has 0 radical (unpaired) electrons. The molecule has 0 amide bonds. The van der Waals surface area contributed by atoms with Gasteiger partial charge in [0.1, 0.15) is 11.6 Å². The molecule has 3 aromatic heterocycles. The molecule has 58 heavy (non-hydrogen) atoms. The molecule has 8 heteroatoms. The third kappa shape index (κ3) is 7.99. The molecule has 0 saturated heterocycles. The van der Waals surface area contributed by atoms with Crippen LogP contribution in [0.4, 0.5) is 0 Å². The fourth-order valence-electron chi connectivity index (χ4n) is 7.54. The number of imidazole rings is 2. The SMILES string of the molecule is CCn1c(-c2ccc(-c3ccc4ccc(-c5ccc(-c6nc7ccccc7n6CC)cc5)cc4c3)cc2)nc2ccccc21.[CH3-].[Li+].[Li+].[O-]c1cccc2cccnc12. The maximum atomic E-state index is 11.1. The van der Waals surface area contributed by atoms with Gasteiger partial charge in [0.05, 0.1) is 27.6 Å². The van der Waals surface area contributed by atoms with Crippen LogP contribution in [0.5, 0.6) is 5.75 Å². The van der Waals surface area contributed by atoms with Crippen molar-refractivity contribution in [2.75, 3.05) is 0 Å². The first-order valence-electron chi connectivity index (χ1n) is 18.7. The average Bonchev–Trinajstić information content (AvgIpc) is 3.82. The molecule has 0 saturated carbocycles. The summed E-state index contributed by atoms with van der Waals surface area (Å²) in [5, 5.41) is 14.5. The molecular weight excluding hydrogens is 700 g/mol. The number of benzene rings is 7. The Bertz CT molecular complexity index is 2810. The van der Waals surface area contributed by atoms with Crippen molar-refractivity contribution in [3.05, 3.63) is 177 Å². The van der Waals surface area contributed by atoms with Crippen molar-refractivity contribution in [3.63, 3.8) is 0 Å². The summed E-state index contributed by atoms with van der Waals surface area (Å²) in [7, 11) is 0. The third-order valence-corrected chi connectivity index (χ3v) is 10.3. The van der Waals surface area contributed by atoms with Crippen LogP contribution in [0.15, 0.2) is 170 Å². The topological polar surface area (TPSA) is 71.6 Å². The van der Waals surface area contributed by atoms with Gasteiger partial charge in [0.25, 0.3) is 0 Å². The van der Waals surface area contributed by atoms with E-state index < -0.39 is 0 Å². The summed E-state index contributed by atoms with van der Waals surface area (Å²) in [4.78, 5) is 13.8. The summed E-state index contributed by atoms with van der Waals surface area (Å²) in [6.07, 6.45) is 1.63. The van der Waals surface area contributed by atoms with E-state index in [4.69, 9.17) is 9.97 Å². The number of rotatable bonds is 6. The summed E-state index contributed by atoms with van der Waals surface area (Å²) in [6, 6.07) is 56.6. The second kappa shape index (κ2) is 18.2. The normalized spacial score (nSPS) is 10.7. The Balaban J connectivity index is 0.000000351. The predicted molar refractivity (Wildman–Crippen MR) is 231 cm³/mol. The Kier molecular flexibility index (Phi) is 13.1. The van der Waals surface area contributed by atoms with Crippen LogP contribution in [0.2, 0.25) is 0 Å². The molecule has 0 aliphatic carbocycles. The minimum absolute atomic E-state index is 0. The maximum absolute atomic E-state index is 11.1. The van der Waals surface area contributed by atoms with Crippen molar-refractivity contribution in [3.8, 4) is 50.8 Å². The van der Waals surface area contributed by atoms with E-state index in [2.05, 4.69) is 149 Å². The van der Waals surface area contributed by atoms with Gasteiger partial charge in [0.15, 0.2) is 0 Å². The van der Waals surface area contributed by atoms with E-state index in [-0.39, 0.29) is 50.9 Å². The van der Waals surface area contributed by atoms with Crippen LogP contribution in [0.25, 0.3) is 88.8 Å². The molecule has 7 aromatic carbocycles. The van der Waals surface area contributed by atoms with Gasteiger partial charge in [-0.05, 0) is 94.7 Å². The van der Waals surface area contributed by atoms with E-state index in [9.17, 15) is 5.11 Å². The largest absolute Gasteiger partial charge is 1.00 e. The number of hydrogen-bond acceptors (Lipinski definition) is 4. The number of aromatic nitrogens is 5. The van der Waals surface area contributed by atoms with E-state index in [1.165, 1.54) is 50.1 Å². The van der Waals surface area contributed by atoms with Gasteiger partial charge in [-0.3, -0.25) is 4.98 Å². The van der Waals surface area contributed by atoms with Crippen molar-refractivity contribution in [2.45, 2.75) is 26.9 Å². The minimum atomic E-state index is -0.0110. The van der Waals surface area contributed by atoms with E-state index in [1.807, 2.05) is 30.3 Å². The molecule has 0 bridgehead atoms. The Hall–Kier alpha value is -5.86. The van der Waals surface area contributed by atoms with Gasteiger partial charge >= 0.3 is 37.7 Å². The van der Waals surface area contributed by atoms with Crippen LogP contribution in [-0.2, 0) is 13.1 Å². The number of fused-ring (bicyclic) bond motifs is 4. The Morgan fingerprint density at radius 2 is 0.897 bits per heavy atom. The minimum Gasteiger partial charge on any atom is -0.871 e. The zero-order valence-corrected chi connectivity index (χ0v) is 33.7. The quantitative estimate of drug-likeness (QED) is 0.155. The molecule has 0 atom stereocenters. The van der Waals surface area contributed by atoms with Crippen molar-refractivity contribution in [2.24, 2.45) is 0 Å². The van der Waals surface area contributed by atoms with Crippen LogP contribution in [0, 0.1) is 7.43 Å². The molecular formula is C50H41Li2N5O. The molecule has 10 aromatic rings. The van der Waals surface area contributed by atoms with Crippen molar-refractivity contribution in [1.29, 1.82) is 0 Å². The number of hydrogen-bond donors (Lipinski definition) is 0. The predicted octanol–water partition coefficient (Wildman–Crippen LogP) is 6.01. The van der Waals surface area contributed by atoms with E-state index in [0.29, 0.717) is 5.52 Å². The summed E-state index contributed by atoms with van der Waals surface area (Å²) in [6.45, 7) is 6.11. The van der Waals surface area contributed by atoms with E-state index in [1.54, 1.807) is 12.3 Å². The zero-order chi connectivity index (χ0) is 37.3. The molecule has 0 spiro atoms. The number of nitrogens with zero attached hydrogens (tertiary/aromatic N) is 5. The van der Waals surface area contributed by atoms with Gasteiger partial charge in [-0.15, -0.1) is 0 Å². The summed E-state index contributed by atoms with van der Waals surface area (Å²) in [5.74, 6) is 2.02.